The molecule has 0 spiro atoms. The van der Waals surface area contributed by atoms with Crippen LogP contribution in [-0.4, -0.2) is 66.6 Å². The molecule has 0 unspecified atom stereocenters. The molecule has 1 aliphatic heterocycles. The number of ether oxygens (including phenoxy) is 2. The number of nitrogens with zero attached hydrogens (tertiary/aromatic N) is 1. The van der Waals surface area contributed by atoms with E-state index in [1.54, 1.807) is 6.07 Å². The predicted octanol–water partition coefficient (Wildman–Crippen LogP) is 6.66. The van der Waals surface area contributed by atoms with Gasteiger partial charge in [-0.25, -0.2) is 4.79 Å². The second kappa shape index (κ2) is 15.0. The predicted molar refractivity (Wildman–Crippen MR) is 168 cm³/mol. The van der Waals surface area contributed by atoms with Crippen LogP contribution in [0.3, 0.4) is 0 Å². The zero-order valence-corrected chi connectivity index (χ0v) is 25.9. The van der Waals surface area contributed by atoms with Gasteiger partial charge in [-0.3, -0.25) is 14.0 Å². The molecule has 1 N–H and O–H groups in total. The Morgan fingerprint density at radius 2 is 1.77 bits per heavy atom. The molecule has 2 heterocycles. The zero-order chi connectivity index (χ0) is 31.1. The number of Topliss-reactive ketones (excluding diaryl/α,β-unsaturated/α-hetero) is 1. The summed E-state index contributed by atoms with van der Waals surface area (Å²) in [4.78, 5) is 45.5. The smallest absolute Gasteiger partial charge is 0.354 e. The van der Waals surface area contributed by atoms with Crippen molar-refractivity contribution in [1.82, 2.24) is 9.88 Å². The number of rotatable bonds is 13. The van der Waals surface area contributed by atoms with Crippen molar-refractivity contribution in [3.63, 3.8) is 0 Å². The average molecular weight is 605 g/mol. The second-order valence-electron chi connectivity index (χ2n) is 12.5. The second-order valence-corrected chi connectivity index (χ2v) is 12.5. The Morgan fingerprint density at radius 1 is 1.00 bits per heavy atom. The summed E-state index contributed by atoms with van der Waals surface area (Å²) in [6.45, 7) is 5.58. The van der Waals surface area contributed by atoms with Gasteiger partial charge < -0.3 is 19.4 Å². The molecule has 0 radical (unpaired) electrons. The summed E-state index contributed by atoms with van der Waals surface area (Å²) in [5.41, 5.74) is 3.07. The molecular weight excluding hydrogens is 559 g/mol. The van der Waals surface area contributed by atoms with Crippen LogP contribution < -0.4 is 0 Å². The number of benzene rings is 2. The van der Waals surface area contributed by atoms with Crippen LogP contribution in [0.4, 0.5) is 4.39 Å². The molecule has 0 bridgehead atoms. The van der Waals surface area contributed by atoms with Crippen molar-refractivity contribution in [3.8, 4) is 0 Å². The largest absolute Gasteiger partial charge is 0.461 e. The molecule has 1 aromatic heterocycles. The number of hydrogen-bond acceptors (Lipinski definition) is 5. The van der Waals surface area contributed by atoms with Gasteiger partial charge in [0.1, 0.15) is 5.69 Å². The Morgan fingerprint density at radius 3 is 2.50 bits per heavy atom. The Hall–Kier alpha value is -3.52. The molecule has 236 valence electrons. The van der Waals surface area contributed by atoms with Gasteiger partial charge in [-0.05, 0) is 80.2 Å². The van der Waals surface area contributed by atoms with Crippen molar-refractivity contribution in [2.75, 3.05) is 33.0 Å². The fourth-order valence-corrected chi connectivity index (χ4v) is 7.04. The molecule has 5 rings (SSSR count). The summed E-state index contributed by atoms with van der Waals surface area (Å²) in [6.07, 6.45) is 4.79. The molecule has 2 fully saturated rings. The lowest BCUT2D eigenvalue weighted by Gasteiger charge is -2.35. The lowest BCUT2D eigenvalue weighted by Crippen LogP contribution is -2.46. The van der Waals surface area contributed by atoms with Crippen LogP contribution in [0.1, 0.15) is 79.9 Å². The molecular formula is C36H45FN2O5. The molecule has 7 nitrogen and oxygen atoms in total. The fourth-order valence-electron chi connectivity index (χ4n) is 7.04. The number of hydrogen-bond donors (Lipinski definition) is 1. The fraction of sp³-hybridized carbons (Fsp3) is 0.528. The highest BCUT2D eigenvalue weighted by Gasteiger charge is 2.44. The van der Waals surface area contributed by atoms with Gasteiger partial charge in [0.2, 0.25) is 5.91 Å². The number of esters is 1. The van der Waals surface area contributed by atoms with Gasteiger partial charge >= 0.3 is 5.97 Å². The Bertz CT molecular complexity index is 1410. The van der Waals surface area contributed by atoms with Gasteiger partial charge in [-0.1, -0.05) is 43.3 Å². The number of alkyl halides is 1. The topological polar surface area (TPSA) is 88.7 Å². The summed E-state index contributed by atoms with van der Waals surface area (Å²) < 4.78 is 23.9. The minimum atomic E-state index is -0.531. The van der Waals surface area contributed by atoms with E-state index in [1.165, 1.54) is 0 Å². The van der Waals surface area contributed by atoms with E-state index in [0.29, 0.717) is 37.8 Å². The molecule has 1 saturated heterocycles. The maximum atomic E-state index is 14.1. The van der Waals surface area contributed by atoms with Gasteiger partial charge in [0.15, 0.2) is 5.78 Å². The Balaban J connectivity index is 1.29. The van der Waals surface area contributed by atoms with Crippen molar-refractivity contribution < 1.29 is 28.2 Å². The number of nitrogens with one attached hydrogen (secondary N) is 1. The number of likely N-dealkylation sites (tertiary alicyclic amines) is 1. The van der Waals surface area contributed by atoms with Crippen LogP contribution in [0, 0.1) is 17.8 Å². The highest BCUT2D eigenvalue weighted by molar-refractivity contribution is 5.96. The first-order valence-corrected chi connectivity index (χ1v) is 16.2. The van der Waals surface area contributed by atoms with Crippen molar-refractivity contribution in [2.45, 2.75) is 70.8 Å². The lowest BCUT2D eigenvalue weighted by molar-refractivity contribution is -0.142. The van der Waals surface area contributed by atoms with E-state index < -0.39 is 12.0 Å². The molecule has 1 amide bonds. The molecule has 1 saturated carbocycles. The number of ketones is 1. The summed E-state index contributed by atoms with van der Waals surface area (Å²) in [7, 11) is 0. The lowest BCUT2D eigenvalue weighted by atomic mass is 9.76. The number of amides is 1. The summed E-state index contributed by atoms with van der Waals surface area (Å²) >= 11 is 0. The minimum absolute atomic E-state index is 0.0215. The van der Waals surface area contributed by atoms with Crippen LogP contribution in [0.25, 0.3) is 10.9 Å². The van der Waals surface area contributed by atoms with Gasteiger partial charge in [-0.15, -0.1) is 0 Å². The van der Waals surface area contributed by atoms with Crippen LogP contribution in [0.2, 0.25) is 0 Å². The van der Waals surface area contributed by atoms with Crippen LogP contribution in [-0.2, 0) is 25.5 Å². The minimum Gasteiger partial charge on any atom is -0.461 e. The molecule has 2 aromatic carbocycles. The summed E-state index contributed by atoms with van der Waals surface area (Å²) in [5, 5.41) is 0.829. The summed E-state index contributed by atoms with van der Waals surface area (Å²) in [5.74, 6) is -0.157. The first-order chi connectivity index (χ1) is 21.4. The van der Waals surface area contributed by atoms with Crippen LogP contribution >= 0.6 is 0 Å². The third kappa shape index (κ3) is 7.40. The van der Waals surface area contributed by atoms with E-state index in [9.17, 15) is 18.8 Å². The van der Waals surface area contributed by atoms with E-state index in [2.05, 4.69) is 4.98 Å². The SMILES string of the molecule is CCOCCCOC(=O)c1cc2cc(CC(=O)[C@@H]3[C@@H](c4ccccc4)CCN3C(=O)C3CCC([C@H](C)CF)CC3)ccc2[nH]1. The van der Waals surface area contributed by atoms with Gasteiger partial charge in [-0.2, -0.15) is 0 Å². The summed E-state index contributed by atoms with van der Waals surface area (Å²) in [6, 6.07) is 17.0. The third-order valence-corrected chi connectivity index (χ3v) is 9.56. The van der Waals surface area contributed by atoms with Crippen molar-refractivity contribution in [3.05, 3.63) is 71.4 Å². The molecule has 3 aromatic rings. The van der Waals surface area contributed by atoms with Crippen LogP contribution in [0.15, 0.2) is 54.6 Å². The number of aromatic nitrogens is 1. The van der Waals surface area contributed by atoms with Crippen LogP contribution in [0.5, 0.6) is 0 Å². The molecule has 44 heavy (non-hydrogen) atoms. The Labute approximate surface area is 259 Å². The van der Waals surface area contributed by atoms with Gasteiger partial charge in [0.25, 0.3) is 0 Å². The number of halogens is 1. The van der Waals surface area contributed by atoms with Gasteiger partial charge in [0.05, 0.1) is 19.3 Å². The molecule has 3 atom stereocenters. The van der Waals surface area contributed by atoms with Crippen molar-refractivity contribution in [2.24, 2.45) is 17.8 Å². The van der Waals surface area contributed by atoms with E-state index in [0.717, 1.165) is 54.1 Å². The number of H-pyrrole nitrogens is 1. The third-order valence-electron chi connectivity index (χ3n) is 9.56. The Kier molecular flexibility index (Phi) is 10.9. The monoisotopic (exact) mass is 604 g/mol. The highest BCUT2D eigenvalue weighted by Crippen LogP contribution is 2.39. The standard InChI is InChI=1S/C36H45FN2O5/c1-3-43-18-7-19-44-36(42)32-22-29-20-25(10-15-31(29)38-32)21-33(40)34-30(27-8-5-4-6-9-27)16-17-39(34)35(41)28-13-11-26(12-14-28)24(2)23-37/h4-6,8-10,15,20,22,24,26,28,30,34,38H,3,7,11-14,16-19,21,23H2,1-2H3/t24-,26?,28?,30-,34+/m1/s1. The quantitative estimate of drug-likeness (QED) is 0.174. The zero-order valence-electron chi connectivity index (χ0n) is 25.9. The average Bonchev–Trinajstić information content (AvgIpc) is 3.69. The molecule has 1 aliphatic carbocycles. The number of carbonyl (C=O) groups is 3. The van der Waals surface area contributed by atoms with Gasteiger partial charge in [0, 0.05) is 55.3 Å². The van der Waals surface area contributed by atoms with E-state index in [1.807, 2.05) is 67.3 Å². The highest BCUT2D eigenvalue weighted by atomic mass is 19.1. The normalized spacial score (nSPS) is 22.7. The maximum Gasteiger partial charge on any atom is 0.354 e. The van der Waals surface area contributed by atoms with Crippen molar-refractivity contribution >= 4 is 28.6 Å². The first kappa shape index (κ1) is 31.9. The van der Waals surface area contributed by atoms with Crippen molar-refractivity contribution in [1.29, 1.82) is 0 Å². The number of carbonyl (C=O) groups excluding carboxylic acids is 3. The first-order valence-electron chi connectivity index (χ1n) is 16.2. The van der Waals surface area contributed by atoms with E-state index in [-0.39, 0.29) is 49.1 Å². The number of aromatic amines is 1. The maximum absolute atomic E-state index is 14.1. The number of fused-ring (bicyclic) bond motifs is 1. The van der Waals surface area contributed by atoms with E-state index >= 15 is 0 Å². The molecule has 2 aliphatic rings. The molecule has 8 heteroatoms. The van der Waals surface area contributed by atoms with E-state index in [4.69, 9.17) is 9.47 Å².